The van der Waals surface area contributed by atoms with Gasteiger partial charge in [0.25, 0.3) is 0 Å². The van der Waals surface area contributed by atoms with Gasteiger partial charge in [0, 0.05) is 20.9 Å². The van der Waals surface area contributed by atoms with E-state index in [2.05, 4.69) is 31.9 Å². The van der Waals surface area contributed by atoms with Crippen molar-refractivity contribution in [3.8, 4) is 0 Å². The molecule has 4 heteroatoms. The van der Waals surface area contributed by atoms with Crippen LogP contribution in [0, 0.1) is 0 Å². The maximum Gasteiger partial charge on any atom is 0.170 e. The number of carbonyl (C=O) groups is 2. The van der Waals surface area contributed by atoms with Crippen LogP contribution in [0.15, 0.2) is 27.1 Å². The SMILES string of the molecule is CCCCC(=O)CC(=O)c1cc(Br)cc(Br)c1. The Hall–Kier alpha value is -0.480. The number of Topliss-reactive ketones (excluding diaryl/α,β-unsaturated/α-hetero) is 2. The topological polar surface area (TPSA) is 34.1 Å². The summed E-state index contributed by atoms with van der Waals surface area (Å²) in [6.07, 6.45) is 2.33. The van der Waals surface area contributed by atoms with Gasteiger partial charge in [0.1, 0.15) is 5.78 Å². The molecule has 1 aromatic rings. The van der Waals surface area contributed by atoms with Crippen molar-refractivity contribution in [2.75, 3.05) is 0 Å². The first-order chi connectivity index (χ1) is 8.02. The molecule has 0 bridgehead atoms. The first-order valence-electron chi connectivity index (χ1n) is 5.54. The van der Waals surface area contributed by atoms with Gasteiger partial charge in [0.05, 0.1) is 6.42 Å². The lowest BCUT2D eigenvalue weighted by atomic mass is 10.0. The summed E-state index contributed by atoms with van der Waals surface area (Å²) in [4.78, 5) is 23.4. The molecular formula is C13H14Br2O2. The molecule has 0 fully saturated rings. The number of rotatable bonds is 6. The average Bonchev–Trinajstić information content (AvgIpc) is 2.25. The predicted octanol–water partition coefficient (Wildman–Crippen LogP) is 4.54. The Labute approximate surface area is 118 Å². The summed E-state index contributed by atoms with van der Waals surface area (Å²) in [5.41, 5.74) is 0.566. The Morgan fingerprint density at radius 2 is 1.71 bits per heavy atom. The Kier molecular flexibility index (Phi) is 6.06. The van der Waals surface area contributed by atoms with Crippen molar-refractivity contribution in [1.29, 1.82) is 0 Å². The molecule has 2 nitrogen and oxygen atoms in total. The Morgan fingerprint density at radius 3 is 2.24 bits per heavy atom. The largest absolute Gasteiger partial charge is 0.299 e. The van der Waals surface area contributed by atoms with E-state index in [1.165, 1.54) is 0 Å². The van der Waals surface area contributed by atoms with Crippen LogP contribution in [0.25, 0.3) is 0 Å². The fourth-order valence-corrected chi connectivity index (χ4v) is 2.75. The van der Waals surface area contributed by atoms with Crippen LogP contribution in [0.5, 0.6) is 0 Å². The standard InChI is InChI=1S/C13H14Br2O2/c1-2-3-4-12(16)8-13(17)9-5-10(14)7-11(15)6-9/h5-7H,2-4,8H2,1H3. The van der Waals surface area contributed by atoms with Crippen molar-refractivity contribution in [2.45, 2.75) is 32.6 Å². The number of carbonyl (C=O) groups excluding carboxylic acids is 2. The fourth-order valence-electron chi connectivity index (χ4n) is 1.46. The second-order valence-corrected chi connectivity index (χ2v) is 5.73. The number of hydrogen-bond donors (Lipinski definition) is 0. The zero-order valence-corrected chi connectivity index (χ0v) is 12.8. The maximum absolute atomic E-state index is 11.9. The van der Waals surface area contributed by atoms with Gasteiger partial charge in [0.2, 0.25) is 0 Å². The van der Waals surface area contributed by atoms with Crippen molar-refractivity contribution in [1.82, 2.24) is 0 Å². The molecule has 0 spiro atoms. The zero-order chi connectivity index (χ0) is 12.8. The van der Waals surface area contributed by atoms with Crippen molar-refractivity contribution in [3.63, 3.8) is 0 Å². The van der Waals surface area contributed by atoms with E-state index in [-0.39, 0.29) is 18.0 Å². The summed E-state index contributed by atoms with van der Waals surface area (Å²) in [6, 6.07) is 5.33. The van der Waals surface area contributed by atoms with E-state index in [4.69, 9.17) is 0 Å². The van der Waals surface area contributed by atoms with Crippen LogP contribution in [0.1, 0.15) is 43.0 Å². The molecule has 0 N–H and O–H groups in total. The van der Waals surface area contributed by atoms with Gasteiger partial charge in [-0.15, -0.1) is 0 Å². The summed E-state index contributed by atoms with van der Waals surface area (Å²) in [6.45, 7) is 2.03. The molecule has 1 rings (SSSR count). The lowest BCUT2D eigenvalue weighted by molar-refractivity contribution is -0.118. The first-order valence-corrected chi connectivity index (χ1v) is 7.12. The highest BCUT2D eigenvalue weighted by Crippen LogP contribution is 2.21. The molecule has 0 heterocycles. The molecular weight excluding hydrogens is 348 g/mol. The second-order valence-electron chi connectivity index (χ2n) is 3.90. The van der Waals surface area contributed by atoms with E-state index in [9.17, 15) is 9.59 Å². The van der Waals surface area contributed by atoms with Gasteiger partial charge in [-0.3, -0.25) is 9.59 Å². The molecule has 0 amide bonds. The van der Waals surface area contributed by atoms with Gasteiger partial charge in [-0.25, -0.2) is 0 Å². The smallest absolute Gasteiger partial charge is 0.170 e. The summed E-state index contributed by atoms with van der Waals surface area (Å²) in [5, 5.41) is 0. The predicted molar refractivity (Wildman–Crippen MR) is 75.3 cm³/mol. The molecule has 92 valence electrons. The minimum atomic E-state index is -0.117. The molecule has 17 heavy (non-hydrogen) atoms. The number of hydrogen-bond acceptors (Lipinski definition) is 2. The molecule has 1 aromatic carbocycles. The van der Waals surface area contributed by atoms with Crippen LogP contribution in [0.2, 0.25) is 0 Å². The lowest BCUT2D eigenvalue weighted by Gasteiger charge is -2.02. The van der Waals surface area contributed by atoms with Gasteiger partial charge in [-0.2, -0.15) is 0 Å². The highest BCUT2D eigenvalue weighted by atomic mass is 79.9. The van der Waals surface area contributed by atoms with Crippen molar-refractivity contribution < 1.29 is 9.59 Å². The van der Waals surface area contributed by atoms with Crippen molar-refractivity contribution in [3.05, 3.63) is 32.7 Å². The molecule has 0 aliphatic carbocycles. The third kappa shape index (κ3) is 5.13. The molecule has 0 unspecified atom stereocenters. The summed E-state index contributed by atoms with van der Waals surface area (Å²) >= 11 is 6.64. The molecule has 0 atom stereocenters. The van der Waals surface area contributed by atoms with E-state index in [0.29, 0.717) is 12.0 Å². The van der Waals surface area contributed by atoms with Crippen LogP contribution in [-0.2, 0) is 4.79 Å². The summed E-state index contributed by atoms with van der Waals surface area (Å²) in [7, 11) is 0. The van der Waals surface area contributed by atoms with E-state index in [1.54, 1.807) is 12.1 Å². The number of benzene rings is 1. The molecule has 0 saturated carbocycles. The van der Waals surface area contributed by atoms with Crippen LogP contribution >= 0.6 is 31.9 Å². The molecule has 0 aliphatic rings. The number of unbranched alkanes of at least 4 members (excludes halogenated alkanes) is 1. The van der Waals surface area contributed by atoms with E-state index < -0.39 is 0 Å². The van der Waals surface area contributed by atoms with Crippen molar-refractivity contribution in [2.24, 2.45) is 0 Å². The van der Waals surface area contributed by atoms with Gasteiger partial charge in [-0.05, 0) is 24.6 Å². The van der Waals surface area contributed by atoms with Crippen LogP contribution in [0.3, 0.4) is 0 Å². The monoisotopic (exact) mass is 360 g/mol. The molecule has 0 aliphatic heterocycles. The first kappa shape index (κ1) is 14.6. The molecule has 0 saturated heterocycles. The fraction of sp³-hybridized carbons (Fsp3) is 0.385. The highest BCUT2D eigenvalue weighted by Gasteiger charge is 2.12. The second kappa shape index (κ2) is 7.07. The third-order valence-corrected chi connectivity index (χ3v) is 3.27. The summed E-state index contributed by atoms with van der Waals surface area (Å²) in [5.74, 6) is -0.0962. The Balaban J connectivity index is 2.66. The minimum Gasteiger partial charge on any atom is -0.299 e. The quantitative estimate of drug-likeness (QED) is 0.550. The van der Waals surface area contributed by atoms with Crippen LogP contribution in [-0.4, -0.2) is 11.6 Å². The van der Waals surface area contributed by atoms with E-state index in [0.717, 1.165) is 21.8 Å². The van der Waals surface area contributed by atoms with E-state index >= 15 is 0 Å². The van der Waals surface area contributed by atoms with Crippen LogP contribution in [0.4, 0.5) is 0 Å². The molecule has 0 radical (unpaired) electrons. The lowest BCUT2D eigenvalue weighted by Crippen LogP contribution is -2.08. The third-order valence-electron chi connectivity index (χ3n) is 2.35. The number of ketones is 2. The maximum atomic E-state index is 11.9. The average molecular weight is 362 g/mol. The Bertz CT molecular complexity index is 407. The summed E-state index contributed by atoms with van der Waals surface area (Å²) < 4.78 is 1.66. The Morgan fingerprint density at radius 1 is 1.12 bits per heavy atom. The normalized spacial score (nSPS) is 10.3. The van der Waals surface area contributed by atoms with Gasteiger partial charge in [-0.1, -0.05) is 45.2 Å². The highest BCUT2D eigenvalue weighted by molar-refractivity contribution is 9.11. The van der Waals surface area contributed by atoms with Crippen LogP contribution < -0.4 is 0 Å². The molecule has 0 aromatic heterocycles. The van der Waals surface area contributed by atoms with Gasteiger partial charge >= 0.3 is 0 Å². The van der Waals surface area contributed by atoms with Crippen molar-refractivity contribution >= 4 is 43.4 Å². The van der Waals surface area contributed by atoms with Gasteiger partial charge < -0.3 is 0 Å². The number of halogens is 2. The van der Waals surface area contributed by atoms with E-state index in [1.807, 2.05) is 13.0 Å². The zero-order valence-electron chi connectivity index (χ0n) is 9.63. The minimum absolute atomic E-state index is 0.00287. The van der Waals surface area contributed by atoms with Gasteiger partial charge in [0.15, 0.2) is 5.78 Å².